The van der Waals surface area contributed by atoms with Gasteiger partial charge >= 0.3 is 0 Å². The van der Waals surface area contributed by atoms with Gasteiger partial charge in [0.25, 0.3) is 11.5 Å². The van der Waals surface area contributed by atoms with Crippen LogP contribution in [0.2, 0.25) is 0 Å². The van der Waals surface area contributed by atoms with Crippen molar-refractivity contribution in [2.24, 2.45) is 4.99 Å². The van der Waals surface area contributed by atoms with Gasteiger partial charge < -0.3 is 19.4 Å². The lowest BCUT2D eigenvalue weighted by Crippen LogP contribution is -2.40. The molecule has 52 heavy (non-hydrogen) atoms. The van der Waals surface area contributed by atoms with E-state index in [-0.39, 0.29) is 11.5 Å². The van der Waals surface area contributed by atoms with Gasteiger partial charge in [0.2, 0.25) is 0 Å². The summed E-state index contributed by atoms with van der Waals surface area (Å²) in [7, 11) is 1.61. The summed E-state index contributed by atoms with van der Waals surface area (Å²) >= 11 is 1.33. The average molecular weight is 709 g/mol. The Morgan fingerprint density at radius 1 is 0.885 bits per heavy atom. The maximum absolute atomic E-state index is 14.4. The smallest absolute Gasteiger partial charge is 0.271 e. The summed E-state index contributed by atoms with van der Waals surface area (Å²) in [6.45, 7) is 10.4. The molecule has 1 amide bonds. The van der Waals surface area contributed by atoms with Crippen molar-refractivity contribution in [1.29, 1.82) is 0 Å². The number of hydrogen-bond acceptors (Lipinski definition) is 6. The van der Waals surface area contributed by atoms with Crippen LogP contribution in [-0.2, 0) is 11.4 Å². The molecule has 262 valence electrons. The number of nitrogens with one attached hydrogen (secondary N) is 1. The molecule has 0 fully saturated rings. The Morgan fingerprint density at radius 2 is 1.60 bits per heavy atom. The number of ether oxygens (including phenoxy) is 2. The summed E-state index contributed by atoms with van der Waals surface area (Å²) in [5.74, 6) is 1.17. The molecule has 0 bridgehead atoms. The highest BCUT2D eigenvalue weighted by molar-refractivity contribution is 7.07. The number of hydrogen-bond donors (Lipinski definition) is 1. The number of carbonyl (C=O) groups is 1. The number of aryl methyl sites for hydroxylation is 3. The summed E-state index contributed by atoms with van der Waals surface area (Å²) in [6.07, 6.45) is 1.93. The molecule has 6 aromatic rings. The van der Waals surface area contributed by atoms with Crippen LogP contribution in [0.1, 0.15) is 52.2 Å². The molecule has 7 rings (SSSR count). The second-order valence-electron chi connectivity index (χ2n) is 13.1. The third-order valence-electron chi connectivity index (χ3n) is 9.43. The van der Waals surface area contributed by atoms with Crippen molar-refractivity contribution in [3.63, 3.8) is 0 Å². The van der Waals surface area contributed by atoms with Crippen LogP contribution >= 0.6 is 11.3 Å². The third-order valence-corrected chi connectivity index (χ3v) is 10.4. The van der Waals surface area contributed by atoms with E-state index in [1.165, 1.54) is 11.3 Å². The van der Waals surface area contributed by atoms with Gasteiger partial charge in [0.1, 0.15) is 18.1 Å². The Bertz CT molecular complexity index is 2510. The molecule has 9 heteroatoms. The first-order valence-corrected chi connectivity index (χ1v) is 17.9. The first-order valence-electron chi connectivity index (χ1n) is 17.1. The number of fused-ring (bicyclic) bond motifs is 1. The minimum absolute atomic E-state index is 0.210. The maximum atomic E-state index is 14.4. The van der Waals surface area contributed by atoms with Gasteiger partial charge in [-0.05, 0) is 111 Å². The molecule has 0 unspecified atom stereocenters. The SMILES string of the molecule is COc1ccc([C@H]2C(C(=O)Nc3ccc(C)cc3C)=C(C)N=c3s/c(=C\c4cc(C)n(-c5ccc(OCc6ccccc6)cc5)c4C)c(=O)n32)cc1. The van der Waals surface area contributed by atoms with Crippen molar-refractivity contribution < 1.29 is 14.3 Å². The monoisotopic (exact) mass is 708 g/mol. The van der Waals surface area contributed by atoms with Crippen LogP contribution in [-0.4, -0.2) is 22.2 Å². The molecule has 3 heterocycles. The number of anilines is 1. The Kier molecular flexibility index (Phi) is 9.53. The standard InChI is InChI=1S/C43H40N4O4S/c1-26-12-21-37(27(2)22-26)45-41(48)39-29(4)44-43-47(40(39)32-13-17-35(50-6)18-14-32)42(49)38(52-43)24-33-23-28(3)46(30(33)5)34-15-19-36(20-16-34)51-25-31-10-8-7-9-11-31/h7-24,40H,25H2,1-6H3,(H,45,48)/b38-24-/t40-/m0/s1. The van der Waals surface area contributed by atoms with E-state index in [9.17, 15) is 9.59 Å². The molecule has 0 saturated heterocycles. The van der Waals surface area contributed by atoms with Crippen molar-refractivity contribution in [3.05, 3.63) is 173 Å². The molecule has 0 radical (unpaired) electrons. The molecule has 1 aliphatic rings. The third kappa shape index (κ3) is 6.75. The predicted molar refractivity (Wildman–Crippen MR) is 207 cm³/mol. The average Bonchev–Trinajstić information content (AvgIpc) is 3.60. The van der Waals surface area contributed by atoms with E-state index in [2.05, 4.69) is 29.8 Å². The molecule has 1 N–H and O–H groups in total. The minimum atomic E-state index is -0.690. The van der Waals surface area contributed by atoms with Gasteiger partial charge in [-0.2, -0.15) is 0 Å². The van der Waals surface area contributed by atoms with Crippen LogP contribution in [0.15, 0.2) is 124 Å². The number of thiazole rings is 1. The largest absolute Gasteiger partial charge is 0.497 e. The molecule has 0 saturated carbocycles. The fourth-order valence-electron chi connectivity index (χ4n) is 6.76. The Balaban J connectivity index is 1.24. The topological polar surface area (TPSA) is 86.8 Å². The summed E-state index contributed by atoms with van der Waals surface area (Å²) in [6, 6.07) is 32.9. The molecular formula is C43H40N4O4S. The number of methoxy groups -OCH3 is 1. The van der Waals surface area contributed by atoms with Crippen LogP contribution in [0.3, 0.4) is 0 Å². The summed E-state index contributed by atoms with van der Waals surface area (Å²) in [4.78, 5) is 33.9. The van der Waals surface area contributed by atoms with Crippen molar-refractivity contribution in [1.82, 2.24) is 9.13 Å². The first kappa shape index (κ1) is 34.5. The van der Waals surface area contributed by atoms with Gasteiger partial charge in [-0.3, -0.25) is 14.2 Å². The highest BCUT2D eigenvalue weighted by atomic mass is 32.1. The molecule has 8 nitrogen and oxygen atoms in total. The summed E-state index contributed by atoms with van der Waals surface area (Å²) in [5, 5.41) is 3.09. The van der Waals surface area contributed by atoms with E-state index in [1.54, 1.807) is 11.7 Å². The summed E-state index contributed by atoms with van der Waals surface area (Å²) < 4.78 is 15.8. The zero-order valence-electron chi connectivity index (χ0n) is 30.1. The number of nitrogens with zero attached hydrogens (tertiary/aromatic N) is 3. The van der Waals surface area contributed by atoms with Crippen LogP contribution in [0.4, 0.5) is 5.69 Å². The van der Waals surface area contributed by atoms with Crippen LogP contribution in [0.5, 0.6) is 11.5 Å². The van der Waals surface area contributed by atoms with E-state index in [4.69, 9.17) is 14.5 Å². The number of aromatic nitrogens is 2. The Morgan fingerprint density at radius 3 is 2.29 bits per heavy atom. The molecule has 1 aliphatic heterocycles. The highest BCUT2D eigenvalue weighted by Crippen LogP contribution is 2.32. The lowest BCUT2D eigenvalue weighted by atomic mass is 9.95. The van der Waals surface area contributed by atoms with Crippen molar-refractivity contribution in [2.75, 3.05) is 12.4 Å². The van der Waals surface area contributed by atoms with Gasteiger partial charge in [0, 0.05) is 22.8 Å². The van der Waals surface area contributed by atoms with Crippen LogP contribution < -0.4 is 29.7 Å². The molecule has 4 aromatic carbocycles. The second kappa shape index (κ2) is 14.4. The summed E-state index contributed by atoms with van der Waals surface area (Å²) in [5.41, 5.74) is 9.39. The normalized spacial score (nSPS) is 14.2. The highest BCUT2D eigenvalue weighted by Gasteiger charge is 2.33. The second-order valence-corrected chi connectivity index (χ2v) is 14.1. The maximum Gasteiger partial charge on any atom is 0.271 e. The van der Waals surface area contributed by atoms with Crippen molar-refractivity contribution >= 4 is 29.0 Å². The van der Waals surface area contributed by atoms with E-state index in [1.807, 2.05) is 124 Å². The van der Waals surface area contributed by atoms with Gasteiger partial charge in [0.15, 0.2) is 4.80 Å². The Hall–Kier alpha value is -5.93. The zero-order valence-corrected chi connectivity index (χ0v) is 30.9. The number of carbonyl (C=O) groups excluding carboxylic acids is 1. The molecular weight excluding hydrogens is 669 g/mol. The zero-order chi connectivity index (χ0) is 36.5. The molecule has 0 aliphatic carbocycles. The van der Waals surface area contributed by atoms with Gasteiger partial charge in [0.05, 0.1) is 29.0 Å². The first-order chi connectivity index (χ1) is 25.1. The number of benzene rings is 4. The lowest BCUT2D eigenvalue weighted by molar-refractivity contribution is -0.113. The van der Waals surface area contributed by atoms with E-state index in [0.717, 1.165) is 50.6 Å². The lowest BCUT2D eigenvalue weighted by Gasteiger charge is -2.25. The van der Waals surface area contributed by atoms with Crippen molar-refractivity contribution in [3.8, 4) is 17.2 Å². The quantitative estimate of drug-likeness (QED) is 0.169. The minimum Gasteiger partial charge on any atom is -0.497 e. The van der Waals surface area contributed by atoms with E-state index < -0.39 is 6.04 Å². The van der Waals surface area contributed by atoms with Crippen LogP contribution in [0.25, 0.3) is 11.8 Å². The fourth-order valence-corrected chi connectivity index (χ4v) is 7.80. The van der Waals surface area contributed by atoms with Gasteiger partial charge in [-0.25, -0.2) is 4.99 Å². The number of amides is 1. The number of rotatable bonds is 9. The van der Waals surface area contributed by atoms with Crippen molar-refractivity contribution in [2.45, 2.75) is 47.3 Å². The van der Waals surface area contributed by atoms with Gasteiger partial charge in [-0.1, -0.05) is 71.5 Å². The predicted octanol–water partition coefficient (Wildman–Crippen LogP) is 7.49. The van der Waals surface area contributed by atoms with E-state index in [0.29, 0.717) is 38.6 Å². The number of allylic oxidation sites excluding steroid dienone is 1. The molecule has 2 aromatic heterocycles. The Labute approximate surface area is 306 Å². The van der Waals surface area contributed by atoms with E-state index >= 15 is 0 Å². The molecule has 1 atom stereocenters. The van der Waals surface area contributed by atoms with Crippen LogP contribution in [0, 0.1) is 27.7 Å². The van der Waals surface area contributed by atoms with Gasteiger partial charge in [-0.15, -0.1) is 0 Å². The fraction of sp³-hybridized carbons (Fsp3) is 0.186. The molecule has 0 spiro atoms.